The number of amides is 1. The summed E-state index contributed by atoms with van der Waals surface area (Å²) in [6, 6.07) is 11.9. The Labute approximate surface area is 136 Å². The number of nitrogens with one attached hydrogen (secondary N) is 1. The molecule has 0 radical (unpaired) electrons. The van der Waals surface area contributed by atoms with E-state index in [4.69, 9.17) is 0 Å². The molecule has 2 heterocycles. The van der Waals surface area contributed by atoms with E-state index >= 15 is 0 Å². The van der Waals surface area contributed by atoms with Crippen LogP contribution < -0.4 is 5.32 Å². The van der Waals surface area contributed by atoms with Crippen molar-refractivity contribution in [3.63, 3.8) is 0 Å². The van der Waals surface area contributed by atoms with Gasteiger partial charge in [-0.15, -0.1) is 0 Å². The minimum Gasteiger partial charge on any atom is -0.321 e. The highest BCUT2D eigenvalue weighted by atomic mass is 16.1. The van der Waals surface area contributed by atoms with Crippen LogP contribution in [0.2, 0.25) is 0 Å². The summed E-state index contributed by atoms with van der Waals surface area (Å²) in [4.78, 5) is 16.7. The molecule has 4 heteroatoms. The molecule has 0 aliphatic heterocycles. The zero-order chi connectivity index (χ0) is 16.6. The van der Waals surface area contributed by atoms with Gasteiger partial charge in [-0.2, -0.15) is 0 Å². The molecule has 2 aromatic heterocycles. The van der Waals surface area contributed by atoms with Crippen LogP contribution in [-0.2, 0) is 5.41 Å². The average molecular weight is 307 g/mol. The predicted octanol–water partition coefficient (Wildman–Crippen LogP) is 4.19. The van der Waals surface area contributed by atoms with Crippen LogP contribution in [0.15, 0.2) is 48.8 Å². The van der Waals surface area contributed by atoms with E-state index in [2.05, 4.69) is 31.1 Å². The number of carbonyl (C=O) groups is 1. The van der Waals surface area contributed by atoms with Crippen molar-refractivity contribution < 1.29 is 4.79 Å². The Morgan fingerprint density at radius 1 is 1.13 bits per heavy atom. The summed E-state index contributed by atoms with van der Waals surface area (Å²) in [5, 5.41) is 2.90. The molecule has 1 aromatic carbocycles. The Bertz CT molecular complexity index is 854. The maximum atomic E-state index is 12.4. The number of hydrogen-bond donors (Lipinski definition) is 1. The van der Waals surface area contributed by atoms with Gasteiger partial charge in [0, 0.05) is 18.1 Å². The van der Waals surface area contributed by atoms with Crippen molar-refractivity contribution in [3.8, 4) is 0 Å². The number of benzene rings is 1. The van der Waals surface area contributed by atoms with Crippen LogP contribution in [0.5, 0.6) is 0 Å². The lowest BCUT2D eigenvalue weighted by Gasteiger charge is -2.19. The largest absolute Gasteiger partial charge is 0.321 e. The van der Waals surface area contributed by atoms with E-state index in [-0.39, 0.29) is 11.3 Å². The van der Waals surface area contributed by atoms with Gasteiger partial charge in [-0.05, 0) is 47.7 Å². The van der Waals surface area contributed by atoms with Crippen molar-refractivity contribution in [2.75, 3.05) is 5.32 Å². The van der Waals surface area contributed by atoms with E-state index in [9.17, 15) is 4.79 Å². The second-order valence-corrected chi connectivity index (χ2v) is 6.88. The Morgan fingerprint density at radius 2 is 1.83 bits per heavy atom. The molecule has 0 fully saturated rings. The molecule has 118 valence electrons. The number of hydrogen-bond acceptors (Lipinski definition) is 2. The number of imidazole rings is 1. The summed E-state index contributed by atoms with van der Waals surface area (Å²) in [5.74, 6) is -0.199. The monoisotopic (exact) mass is 307 g/mol. The molecule has 3 aromatic rings. The molecule has 4 nitrogen and oxygen atoms in total. The number of rotatable bonds is 2. The number of pyridine rings is 1. The van der Waals surface area contributed by atoms with Gasteiger partial charge >= 0.3 is 0 Å². The van der Waals surface area contributed by atoms with Crippen molar-refractivity contribution in [1.82, 2.24) is 9.38 Å². The summed E-state index contributed by atoms with van der Waals surface area (Å²) in [6.07, 6.45) is 3.65. The van der Waals surface area contributed by atoms with Crippen molar-refractivity contribution in [2.45, 2.75) is 33.1 Å². The number of anilines is 1. The van der Waals surface area contributed by atoms with E-state index in [1.165, 1.54) is 5.56 Å². The number of aromatic nitrogens is 2. The lowest BCUT2D eigenvalue weighted by atomic mass is 9.87. The third kappa shape index (κ3) is 3.26. The molecule has 0 spiro atoms. The normalized spacial score (nSPS) is 11.7. The quantitative estimate of drug-likeness (QED) is 0.771. The molecule has 0 aliphatic rings. The maximum Gasteiger partial charge on any atom is 0.275 e. The highest BCUT2D eigenvalue weighted by Crippen LogP contribution is 2.23. The van der Waals surface area contributed by atoms with Gasteiger partial charge in [0.25, 0.3) is 5.91 Å². The van der Waals surface area contributed by atoms with E-state index in [0.717, 1.165) is 16.9 Å². The summed E-state index contributed by atoms with van der Waals surface area (Å²) in [7, 11) is 0. The van der Waals surface area contributed by atoms with Crippen LogP contribution in [0, 0.1) is 6.92 Å². The van der Waals surface area contributed by atoms with Crippen LogP contribution in [0.25, 0.3) is 5.65 Å². The van der Waals surface area contributed by atoms with Gasteiger partial charge in [0.15, 0.2) is 0 Å². The van der Waals surface area contributed by atoms with E-state index in [0.29, 0.717) is 5.69 Å². The number of aryl methyl sites for hydroxylation is 1. The van der Waals surface area contributed by atoms with E-state index in [1.54, 1.807) is 6.20 Å². The Kier molecular flexibility index (Phi) is 3.68. The first kappa shape index (κ1) is 15.3. The van der Waals surface area contributed by atoms with Gasteiger partial charge in [0.2, 0.25) is 0 Å². The summed E-state index contributed by atoms with van der Waals surface area (Å²) >= 11 is 0. The summed E-state index contributed by atoms with van der Waals surface area (Å²) < 4.78 is 1.85. The minimum atomic E-state index is -0.199. The van der Waals surface area contributed by atoms with Gasteiger partial charge in [-0.1, -0.05) is 32.9 Å². The molecule has 0 bridgehead atoms. The maximum absolute atomic E-state index is 12.4. The zero-order valence-electron chi connectivity index (χ0n) is 13.9. The topological polar surface area (TPSA) is 46.4 Å². The highest BCUT2D eigenvalue weighted by molar-refractivity contribution is 6.03. The smallest absolute Gasteiger partial charge is 0.275 e. The van der Waals surface area contributed by atoms with Gasteiger partial charge in [-0.3, -0.25) is 4.79 Å². The first-order valence-corrected chi connectivity index (χ1v) is 7.70. The number of nitrogens with zero attached hydrogens (tertiary/aromatic N) is 2. The fraction of sp³-hybridized carbons (Fsp3) is 0.263. The van der Waals surface area contributed by atoms with Gasteiger partial charge in [0.05, 0.1) is 0 Å². The molecule has 0 saturated heterocycles. The highest BCUT2D eigenvalue weighted by Gasteiger charge is 2.14. The summed E-state index contributed by atoms with van der Waals surface area (Å²) in [6.45, 7) is 8.50. The molecule has 0 unspecified atom stereocenters. The molecule has 0 atom stereocenters. The fourth-order valence-electron chi connectivity index (χ4n) is 2.44. The van der Waals surface area contributed by atoms with Crippen LogP contribution >= 0.6 is 0 Å². The average Bonchev–Trinajstić information content (AvgIpc) is 2.90. The fourth-order valence-corrected chi connectivity index (χ4v) is 2.44. The van der Waals surface area contributed by atoms with Crippen molar-refractivity contribution in [3.05, 3.63) is 65.6 Å². The van der Waals surface area contributed by atoms with Gasteiger partial charge in [0.1, 0.15) is 11.3 Å². The van der Waals surface area contributed by atoms with Crippen molar-refractivity contribution in [1.29, 1.82) is 0 Å². The van der Waals surface area contributed by atoms with Gasteiger partial charge < -0.3 is 9.72 Å². The molecule has 3 rings (SSSR count). The minimum absolute atomic E-state index is 0.0992. The zero-order valence-corrected chi connectivity index (χ0v) is 13.9. The van der Waals surface area contributed by atoms with Crippen LogP contribution in [-0.4, -0.2) is 15.3 Å². The molecule has 1 N–H and O–H groups in total. The standard InChI is InChI=1S/C19H21N3O/c1-13-9-10-22-12-16(21-17(22)11-13)18(23)20-15-7-5-14(6-8-15)19(2,3)4/h5-12H,1-4H3,(H,20,23). The third-order valence-corrected chi connectivity index (χ3v) is 3.86. The first-order chi connectivity index (χ1) is 10.8. The third-order valence-electron chi connectivity index (χ3n) is 3.86. The van der Waals surface area contributed by atoms with Crippen molar-refractivity contribution in [2.24, 2.45) is 0 Å². The summed E-state index contributed by atoms with van der Waals surface area (Å²) in [5.41, 5.74) is 4.42. The lowest BCUT2D eigenvalue weighted by molar-refractivity contribution is 0.102. The second kappa shape index (κ2) is 5.54. The SMILES string of the molecule is Cc1ccn2cc(C(=O)Nc3ccc(C(C)(C)C)cc3)nc2c1. The molecule has 1 amide bonds. The number of fused-ring (bicyclic) bond motifs is 1. The van der Waals surface area contributed by atoms with Crippen LogP contribution in [0.4, 0.5) is 5.69 Å². The lowest BCUT2D eigenvalue weighted by Crippen LogP contribution is -2.13. The van der Waals surface area contributed by atoms with Crippen LogP contribution in [0.1, 0.15) is 42.4 Å². The molecular formula is C19H21N3O. The second-order valence-electron chi connectivity index (χ2n) is 6.88. The molecule has 0 saturated carbocycles. The van der Waals surface area contributed by atoms with Crippen molar-refractivity contribution >= 4 is 17.2 Å². The Morgan fingerprint density at radius 3 is 2.48 bits per heavy atom. The van der Waals surface area contributed by atoms with E-state index in [1.807, 2.05) is 53.9 Å². The first-order valence-electron chi connectivity index (χ1n) is 7.70. The number of carbonyl (C=O) groups excluding carboxylic acids is 1. The molecular weight excluding hydrogens is 286 g/mol. The van der Waals surface area contributed by atoms with E-state index < -0.39 is 0 Å². The Hall–Kier alpha value is -2.62. The Balaban J connectivity index is 1.80. The molecule has 23 heavy (non-hydrogen) atoms. The van der Waals surface area contributed by atoms with Gasteiger partial charge in [-0.25, -0.2) is 4.98 Å². The van der Waals surface area contributed by atoms with Crippen LogP contribution in [0.3, 0.4) is 0 Å². The predicted molar refractivity (Wildman–Crippen MR) is 93.0 cm³/mol. The molecule has 0 aliphatic carbocycles.